The Morgan fingerprint density at radius 2 is 1.33 bits per heavy atom. The van der Waals surface area contributed by atoms with Gasteiger partial charge in [-0.15, -0.1) is 0 Å². The molecule has 0 fully saturated rings. The maximum atomic E-state index is 12.7. The van der Waals surface area contributed by atoms with Crippen molar-refractivity contribution in [2.45, 2.75) is 0 Å². The molecule has 1 aliphatic rings. The minimum atomic E-state index is -4.12. The molecule has 0 amide bonds. The van der Waals surface area contributed by atoms with Crippen LogP contribution in [-0.4, -0.2) is 25.2 Å². The zero-order valence-electron chi connectivity index (χ0n) is 12.8. The number of benzene rings is 3. The molecule has 5 heteroatoms. The van der Waals surface area contributed by atoms with Gasteiger partial charge < -0.3 is 0 Å². The Kier molecular flexibility index (Phi) is 3.69. The van der Waals surface area contributed by atoms with Crippen LogP contribution in [0.3, 0.4) is 0 Å². The zero-order valence-corrected chi connectivity index (χ0v) is 15.7. The first kappa shape index (κ1) is 15.1. The summed E-state index contributed by atoms with van der Waals surface area (Å²) in [6.07, 6.45) is 0. The standard InChI is InChI=1S/C7H7NO3.2C6H5.Sn/c8-4-1-2-5(7(10)11)6(9)3-4;2*1-2-4-6-5-3-1;/h1-3,9H,8H2,(H,10,11);2*1-5H;/q;;;+2/p-2. The van der Waals surface area contributed by atoms with Gasteiger partial charge in [-0.05, 0) is 0 Å². The van der Waals surface area contributed by atoms with Crippen LogP contribution in [0.4, 0.5) is 5.69 Å². The van der Waals surface area contributed by atoms with E-state index in [-0.39, 0.29) is 5.97 Å². The van der Waals surface area contributed by atoms with Gasteiger partial charge in [-0.3, -0.25) is 0 Å². The summed E-state index contributed by atoms with van der Waals surface area (Å²) in [6.45, 7) is 0. The fourth-order valence-corrected chi connectivity index (χ4v) is 11.3. The third-order valence-electron chi connectivity index (χ3n) is 4.02. The van der Waals surface area contributed by atoms with Crippen LogP contribution in [-0.2, 0) is 3.07 Å². The van der Waals surface area contributed by atoms with Crippen molar-refractivity contribution >= 4 is 38.0 Å². The van der Waals surface area contributed by atoms with Crippen molar-refractivity contribution in [1.82, 2.24) is 0 Å². The molecule has 1 heterocycles. The van der Waals surface area contributed by atoms with Crippen LogP contribution >= 0.6 is 0 Å². The predicted molar refractivity (Wildman–Crippen MR) is 94.8 cm³/mol. The second kappa shape index (κ2) is 5.87. The van der Waals surface area contributed by atoms with Crippen molar-refractivity contribution in [2.75, 3.05) is 5.73 Å². The summed E-state index contributed by atoms with van der Waals surface area (Å²) in [5.41, 5.74) is 6.86. The van der Waals surface area contributed by atoms with Crippen molar-refractivity contribution in [3.05, 3.63) is 84.4 Å². The molecule has 0 saturated heterocycles. The van der Waals surface area contributed by atoms with E-state index in [4.69, 9.17) is 11.9 Å². The molecule has 0 atom stereocenters. The third-order valence-corrected chi connectivity index (χ3v) is 13.1. The van der Waals surface area contributed by atoms with Gasteiger partial charge in [0, 0.05) is 0 Å². The Bertz CT molecular complexity index is 858. The van der Waals surface area contributed by atoms with Crippen LogP contribution < -0.4 is 16.0 Å². The molecule has 24 heavy (non-hydrogen) atoms. The van der Waals surface area contributed by atoms with E-state index in [1.165, 1.54) is 0 Å². The summed E-state index contributed by atoms with van der Waals surface area (Å²) in [6, 6.07) is 24.5. The Morgan fingerprint density at radius 1 is 0.750 bits per heavy atom. The number of hydrogen-bond donors (Lipinski definition) is 1. The van der Waals surface area contributed by atoms with E-state index >= 15 is 0 Å². The topological polar surface area (TPSA) is 61.6 Å². The molecule has 4 nitrogen and oxygen atoms in total. The predicted octanol–water partition coefficient (Wildman–Crippen LogP) is 2.07. The normalized spacial score (nSPS) is 15.1. The van der Waals surface area contributed by atoms with E-state index in [2.05, 4.69) is 0 Å². The van der Waals surface area contributed by atoms with E-state index in [1.54, 1.807) is 18.2 Å². The molecule has 0 aromatic heterocycles. The van der Waals surface area contributed by atoms with Gasteiger partial charge in [-0.2, -0.15) is 0 Å². The first-order valence-electron chi connectivity index (χ1n) is 7.62. The molecule has 0 aliphatic carbocycles. The van der Waals surface area contributed by atoms with E-state index in [9.17, 15) is 4.79 Å². The van der Waals surface area contributed by atoms with E-state index < -0.39 is 19.2 Å². The first-order valence-corrected chi connectivity index (χ1v) is 12.8. The van der Waals surface area contributed by atoms with Crippen LogP contribution in [0.15, 0.2) is 78.9 Å². The van der Waals surface area contributed by atoms with Crippen molar-refractivity contribution in [3.8, 4) is 5.75 Å². The van der Waals surface area contributed by atoms with Gasteiger partial charge >= 0.3 is 145 Å². The van der Waals surface area contributed by atoms with Gasteiger partial charge in [0.1, 0.15) is 0 Å². The molecule has 0 unspecified atom stereocenters. The average molecular weight is 424 g/mol. The number of carbonyl (C=O) groups is 1. The number of anilines is 1. The van der Waals surface area contributed by atoms with Gasteiger partial charge in [0.2, 0.25) is 0 Å². The second-order valence-electron chi connectivity index (χ2n) is 5.60. The van der Waals surface area contributed by atoms with E-state index in [0.717, 1.165) is 7.16 Å². The number of nitrogens with two attached hydrogens (primary N) is 1. The Morgan fingerprint density at radius 3 is 1.92 bits per heavy atom. The van der Waals surface area contributed by atoms with Crippen LogP contribution in [0, 0.1) is 0 Å². The second-order valence-corrected chi connectivity index (χ2v) is 13.6. The van der Waals surface area contributed by atoms with Crippen LogP contribution in [0.5, 0.6) is 5.75 Å². The Hall–Kier alpha value is -2.47. The van der Waals surface area contributed by atoms with E-state index in [0.29, 0.717) is 17.0 Å². The third kappa shape index (κ3) is 2.43. The number of nitrogen functional groups attached to an aromatic ring is 1. The van der Waals surface area contributed by atoms with Crippen LogP contribution in [0.1, 0.15) is 10.4 Å². The number of fused-ring (bicyclic) bond motifs is 1. The van der Waals surface area contributed by atoms with Crippen molar-refractivity contribution < 1.29 is 10.9 Å². The molecule has 3 aromatic carbocycles. The monoisotopic (exact) mass is 425 g/mol. The van der Waals surface area contributed by atoms with Crippen LogP contribution in [0.2, 0.25) is 0 Å². The summed E-state index contributed by atoms with van der Waals surface area (Å²) < 4.78 is 14.3. The molecule has 1 aliphatic heterocycles. The Labute approximate surface area is 144 Å². The van der Waals surface area contributed by atoms with Crippen LogP contribution in [0.25, 0.3) is 0 Å². The van der Waals surface area contributed by atoms with Crippen molar-refractivity contribution in [2.24, 2.45) is 0 Å². The van der Waals surface area contributed by atoms with E-state index in [1.807, 2.05) is 60.7 Å². The number of hydrogen-bond acceptors (Lipinski definition) is 4. The first-order chi connectivity index (χ1) is 11.7. The van der Waals surface area contributed by atoms with Gasteiger partial charge in [-0.1, -0.05) is 0 Å². The molecule has 0 radical (unpaired) electrons. The quantitative estimate of drug-likeness (QED) is 0.506. The molecule has 118 valence electrons. The number of carbonyl (C=O) groups excluding carboxylic acids is 1. The summed E-state index contributed by atoms with van der Waals surface area (Å²) >= 11 is -4.12. The molecular formula is C19H15NO3Sn. The van der Waals surface area contributed by atoms with Crippen molar-refractivity contribution in [1.29, 1.82) is 0 Å². The molecular weight excluding hydrogens is 409 g/mol. The van der Waals surface area contributed by atoms with Gasteiger partial charge in [0.05, 0.1) is 0 Å². The molecule has 4 rings (SSSR count). The minimum absolute atomic E-state index is 0.347. The van der Waals surface area contributed by atoms with Gasteiger partial charge in [0.15, 0.2) is 0 Å². The maximum absolute atomic E-state index is 12.7. The molecule has 2 N–H and O–H groups in total. The fourth-order valence-electron chi connectivity index (χ4n) is 2.87. The molecule has 0 saturated carbocycles. The molecule has 3 aromatic rings. The van der Waals surface area contributed by atoms with Gasteiger partial charge in [-0.25, -0.2) is 0 Å². The van der Waals surface area contributed by atoms with Crippen molar-refractivity contribution in [3.63, 3.8) is 0 Å². The summed E-state index contributed by atoms with van der Waals surface area (Å²) in [5, 5.41) is 0. The summed E-state index contributed by atoms with van der Waals surface area (Å²) in [5.74, 6) is 0.162. The number of rotatable bonds is 2. The molecule has 0 spiro atoms. The Balaban J connectivity index is 1.94. The summed E-state index contributed by atoms with van der Waals surface area (Å²) in [7, 11) is 0. The summed E-state index contributed by atoms with van der Waals surface area (Å²) in [4.78, 5) is 12.7. The average Bonchev–Trinajstić information content (AvgIpc) is 2.62. The zero-order chi connectivity index (χ0) is 16.6. The fraction of sp³-hybridized carbons (Fsp3) is 0. The molecule has 0 bridgehead atoms. The van der Waals surface area contributed by atoms with Gasteiger partial charge in [0.25, 0.3) is 0 Å². The SMILES string of the molecule is Nc1ccc2c(c1)[O][Sn]([c]1ccccc1)([c]1ccccc1)[O]C2=O.